The Balaban J connectivity index is 2.03. The number of nitrogens with zero attached hydrogens (tertiary/aromatic N) is 3. The zero-order chi connectivity index (χ0) is 20.0. The minimum atomic E-state index is -0.174. The second kappa shape index (κ2) is 9.53. The highest BCUT2D eigenvalue weighted by Gasteiger charge is 2.32. The van der Waals surface area contributed by atoms with Crippen LogP contribution in [0.4, 0.5) is 5.69 Å². The van der Waals surface area contributed by atoms with E-state index in [4.69, 9.17) is 0 Å². The molecule has 1 aromatic carbocycles. The first-order chi connectivity index (χ1) is 12.8. The van der Waals surface area contributed by atoms with E-state index < -0.39 is 0 Å². The van der Waals surface area contributed by atoms with Gasteiger partial charge in [0.05, 0.1) is 6.54 Å². The number of anilines is 1. The van der Waals surface area contributed by atoms with Gasteiger partial charge in [0.2, 0.25) is 17.7 Å². The summed E-state index contributed by atoms with van der Waals surface area (Å²) in [6, 6.07) is 7.68. The van der Waals surface area contributed by atoms with E-state index in [-0.39, 0.29) is 43.4 Å². The van der Waals surface area contributed by atoms with Gasteiger partial charge < -0.3 is 9.80 Å². The maximum Gasteiger partial charge on any atom is 0.248 e. The molecule has 0 radical (unpaired) electrons. The van der Waals surface area contributed by atoms with Gasteiger partial charge in [-0.1, -0.05) is 39.3 Å². The topological polar surface area (TPSA) is 60.9 Å². The third-order valence-corrected chi connectivity index (χ3v) is 4.65. The lowest BCUT2D eigenvalue weighted by molar-refractivity contribution is -0.140. The molecule has 0 aliphatic carbocycles. The third kappa shape index (κ3) is 5.81. The molecular weight excluding hydrogens is 342 g/mol. The molecule has 6 heteroatoms. The number of aryl methyl sites for hydroxylation is 1. The second-order valence-corrected chi connectivity index (χ2v) is 7.66. The smallest absolute Gasteiger partial charge is 0.248 e. The predicted molar refractivity (Wildman–Crippen MR) is 106 cm³/mol. The highest BCUT2D eigenvalue weighted by Crippen LogP contribution is 2.20. The molecule has 1 aliphatic heterocycles. The molecular formula is C21H31N3O3. The molecule has 1 heterocycles. The van der Waals surface area contributed by atoms with Crippen LogP contribution in [0.15, 0.2) is 24.3 Å². The van der Waals surface area contributed by atoms with E-state index in [9.17, 15) is 14.4 Å². The molecule has 0 saturated carbocycles. The zero-order valence-electron chi connectivity index (χ0n) is 16.9. The number of unbranched alkanes of at least 4 members (excludes halogenated alkanes) is 1. The molecule has 27 heavy (non-hydrogen) atoms. The van der Waals surface area contributed by atoms with E-state index in [1.165, 1.54) is 4.90 Å². The molecule has 1 fully saturated rings. The summed E-state index contributed by atoms with van der Waals surface area (Å²) in [7, 11) is 0. The first-order valence-corrected chi connectivity index (χ1v) is 9.74. The second-order valence-electron chi connectivity index (χ2n) is 7.66. The summed E-state index contributed by atoms with van der Waals surface area (Å²) >= 11 is 0. The van der Waals surface area contributed by atoms with Crippen molar-refractivity contribution in [2.24, 2.45) is 5.92 Å². The van der Waals surface area contributed by atoms with Gasteiger partial charge in [-0.15, -0.1) is 0 Å². The number of carbonyl (C=O) groups is 3. The van der Waals surface area contributed by atoms with Crippen molar-refractivity contribution in [1.82, 2.24) is 9.80 Å². The van der Waals surface area contributed by atoms with Crippen LogP contribution in [0.25, 0.3) is 0 Å². The van der Waals surface area contributed by atoms with Crippen LogP contribution >= 0.6 is 0 Å². The van der Waals surface area contributed by atoms with Gasteiger partial charge in [0.15, 0.2) is 0 Å². The van der Waals surface area contributed by atoms with E-state index in [0.29, 0.717) is 13.0 Å². The first kappa shape index (κ1) is 20.9. The van der Waals surface area contributed by atoms with Crippen molar-refractivity contribution in [3.8, 4) is 0 Å². The van der Waals surface area contributed by atoms with Crippen molar-refractivity contribution >= 4 is 23.4 Å². The van der Waals surface area contributed by atoms with Crippen LogP contribution in [-0.2, 0) is 14.4 Å². The molecule has 1 aliphatic rings. The number of hydrogen-bond donors (Lipinski definition) is 0. The van der Waals surface area contributed by atoms with Gasteiger partial charge in [-0.25, -0.2) is 0 Å². The van der Waals surface area contributed by atoms with E-state index in [2.05, 4.69) is 6.92 Å². The maximum absolute atomic E-state index is 12.8. The Labute approximate surface area is 162 Å². The van der Waals surface area contributed by atoms with Crippen molar-refractivity contribution in [1.29, 1.82) is 0 Å². The lowest BCUT2D eigenvalue weighted by Crippen LogP contribution is -2.43. The Morgan fingerprint density at radius 2 is 2.00 bits per heavy atom. The molecule has 0 aromatic heterocycles. The fourth-order valence-corrected chi connectivity index (χ4v) is 3.12. The van der Waals surface area contributed by atoms with Gasteiger partial charge in [0.1, 0.15) is 13.2 Å². The van der Waals surface area contributed by atoms with E-state index >= 15 is 0 Å². The minimum Gasteiger partial charge on any atom is -0.333 e. The molecule has 0 bridgehead atoms. The SMILES string of the molecule is CCCCN(CC(=O)N1CC(=O)N(c2cccc(C)c2)C1)C(=O)CC(C)C. The monoisotopic (exact) mass is 373 g/mol. The number of amides is 3. The Kier molecular flexibility index (Phi) is 7.39. The average Bonchev–Trinajstić information content (AvgIpc) is 2.99. The molecule has 0 unspecified atom stereocenters. The van der Waals surface area contributed by atoms with Crippen LogP contribution < -0.4 is 4.90 Å². The molecule has 0 atom stereocenters. The molecule has 1 aromatic rings. The van der Waals surface area contributed by atoms with Gasteiger partial charge in [-0.05, 0) is 37.0 Å². The van der Waals surface area contributed by atoms with Crippen LogP contribution in [0, 0.1) is 12.8 Å². The largest absolute Gasteiger partial charge is 0.333 e. The van der Waals surface area contributed by atoms with Crippen molar-refractivity contribution < 1.29 is 14.4 Å². The number of carbonyl (C=O) groups excluding carboxylic acids is 3. The summed E-state index contributed by atoms with van der Waals surface area (Å²) in [5.74, 6) is -0.0101. The Morgan fingerprint density at radius 1 is 1.26 bits per heavy atom. The zero-order valence-corrected chi connectivity index (χ0v) is 16.9. The molecule has 0 N–H and O–H groups in total. The van der Waals surface area contributed by atoms with Crippen LogP contribution in [0.1, 0.15) is 45.6 Å². The third-order valence-electron chi connectivity index (χ3n) is 4.65. The molecule has 2 rings (SSSR count). The van der Waals surface area contributed by atoms with Crippen LogP contribution in [0.5, 0.6) is 0 Å². The summed E-state index contributed by atoms with van der Waals surface area (Å²) < 4.78 is 0. The molecule has 148 valence electrons. The fraction of sp³-hybridized carbons (Fsp3) is 0.571. The number of benzene rings is 1. The van der Waals surface area contributed by atoms with Crippen molar-refractivity contribution in [3.05, 3.63) is 29.8 Å². The van der Waals surface area contributed by atoms with Crippen LogP contribution in [0.3, 0.4) is 0 Å². The van der Waals surface area contributed by atoms with Gasteiger partial charge >= 0.3 is 0 Å². The quantitative estimate of drug-likeness (QED) is 0.704. The summed E-state index contributed by atoms with van der Waals surface area (Å²) in [5.41, 5.74) is 1.86. The summed E-state index contributed by atoms with van der Waals surface area (Å²) in [6.07, 6.45) is 2.26. The van der Waals surface area contributed by atoms with Crippen molar-refractivity contribution in [2.75, 3.05) is 31.2 Å². The fourth-order valence-electron chi connectivity index (χ4n) is 3.12. The summed E-state index contributed by atoms with van der Waals surface area (Å²) in [4.78, 5) is 42.4. The van der Waals surface area contributed by atoms with Gasteiger partial charge in [0, 0.05) is 18.7 Å². The number of hydrogen-bond acceptors (Lipinski definition) is 3. The summed E-state index contributed by atoms with van der Waals surface area (Å²) in [6.45, 7) is 8.95. The first-order valence-electron chi connectivity index (χ1n) is 9.74. The van der Waals surface area contributed by atoms with E-state index in [0.717, 1.165) is 24.1 Å². The Morgan fingerprint density at radius 3 is 2.63 bits per heavy atom. The molecule has 3 amide bonds. The van der Waals surface area contributed by atoms with E-state index in [1.807, 2.05) is 45.0 Å². The molecule has 1 saturated heterocycles. The normalized spacial score (nSPS) is 14.2. The average molecular weight is 373 g/mol. The lowest BCUT2D eigenvalue weighted by atomic mass is 10.1. The highest BCUT2D eigenvalue weighted by molar-refractivity contribution is 6.00. The molecule has 6 nitrogen and oxygen atoms in total. The van der Waals surface area contributed by atoms with E-state index in [1.54, 1.807) is 9.80 Å². The molecule has 0 spiro atoms. The van der Waals surface area contributed by atoms with Crippen LogP contribution in [-0.4, -0.2) is 53.8 Å². The standard InChI is InChI=1S/C21H31N3O3/c1-5-6-10-22(19(25)11-16(2)3)13-20(26)23-14-21(27)24(15-23)18-9-7-8-17(4)12-18/h7-9,12,16H,5-6,10-11,13-15H2,1-4H3. The Hall–Kier alpha value is -2.37. The predicted octanol–water partition coefficient (Wildman–Crippen LogP) is 2.80. The minimum absolute atomic E-state index is 0.00728. The summed E-state index contributed by atoms with van der Waals surface area (Å²) in [5, 5.41) is 0. The lowest BCUT2D eigenvalue weighted by Gasteiger charge is -2.25. The maximum atomic E-state index is 12.8. The van der Waals surface area contributed by atoms with Gasteiger partial charge in [-0.3, -0.25) is 19.3 Å². The van der Waals surface area contributed by atoms with Gasteiger partial charge in [0.25, 0.3) is 0 Å². The van der Waals surface area contributed by atoms with Crippen LogP contribution in [0.2, 0.25) is 0 Å². The van der Waals surface area contributed by atoms with Gasteiger partial charge in [-0.2, -0.15) is 0 Å². The van der Waals surface area contributed by atoms with Crippen molar-refractivity contribution in [3.63, 3.8) is 0 Å². The Bertz CT molecular complexity index is 687. The number of rotatable bonds is 8. The van der Waals surface area contributed by atoms with Crippen molar-refractivity contribution in [2.45, 2.75) is 47.0 Å². The highest BCUT2D eigenvalue weighted by atomic mass is 16.2.